The highest BCUT2D eigenvalue weighted by Gasteiger charge is 2.19. The summed E-state index contributed by atoms with van der Waals surface area (Å²) in [4.78, 5) is 9.54. The maximum Gasteiger partial charge on any atom is 0.138 e. The van der Waals surface area contributed by atoms with E-state index in [1.165, 1.54) is 44.3 Å². The van der Waals surface area contributed by atoms with Gasteiger partial charge < -0.3 is 14.5 Å². The Bertz CT molecular complexity index is 2440. The number of para-hydroxylation sites is 1. The molecule has 0 saturated carbocycles. The lowest BCUT2D eigenvalue weighted by Crippen LogP contribution is -2.24. The van der Waals surface area contributed by atoms with Crippen molar-refractivity contribution < 1.29 is 4.74 Å². The van der Waals surface area contributed by atoms with E-state index in [1.807, 2.05) is 12.3 Å². The molecule has 1 aliphatic heterocycles. The molecule has 0 saturated heterocycles. The molecule has 1 aliphatic rings. The minimum absolute atomic E-state index is 0.489. The van der Waals surface area contributed by atoms with Gasteiger partial charge in [0, 0.05) is 52.9 Å². The Morgan fingerprint density at radius 3 is 1.96 bits per heavy atom. The molecular weight excluding hydrogens is 661 g/mol. The van der Waals surface area contributed by atoms with Crippen LogP contribution in [0.15, 0.2) is 140 Å². The molecule has 2 aromatic heterocycles. The molecule has 7 aromatic rings. The van der Waals surface area contributed by atoms with E-state index in [1.54, 1.807) is 0 Å². The largest absolute Gasteiger partial charge is 0.457 e. The Labute approximate surface area is 320 Å². The summed E-state index contributed by atoms with van der Waals surface area (Å²) in [5.74, 6) is 4.09. The average Bonchev–Trinajstić information content (AvgIpc) is 3.78. The number of ether oxygens (including phenoxy) is 1. The molecule has 8 rings (SSSR count). The smallest absolute Gasteiger partial charge is 0.138 e. The minimum Gasteiger partial charge on any atom is -0.457 e. The quantitative estimate of drug-likeness (QED) is 0.134. The summed E-state index contributed by atoms with van der Waals surface area (Å²) in [6, 6.07) is 43.5. The molecular formula is C49H50N4O. The van der Waals surface area contributed by atoms with E-state index in [-0.39, 0.29) is 0 Å². The van der Waals surface area contributed by atoms with Gasteiger partial charge >= 0.3 is 0 Å². The highest BCUT2D eigenvalue weighted by atomic mass is 16.5. The van der Waals surface area contributed by atoms with Crippen molar-refractivity contribution in [2.45, 2.75) is 60.3 Å². The number of hydrogen-bond acceptors (Lipinski definition) is 4. The van der Waals surface area contributed by atoms with E-state index < -0.39 is 0 Å². The maximum atomic E-state index is 6.63. The van der Waals surface area contributed by atoms with Gasteiger partial charge in [-0.15, -0.1) is 0 Å². The molecule has 0 spiro atoms. The zero-order chi connectivity index (χ0) is 37.3. The van der Waals surface area contributed by atoms with Crippen molar-refractivity contribution in [3.63, 3.8) is 0 Å². The maximum absolute atomic E-state index is 6.63. The Morgan fingerprint density at radius 1 is 0.593 bits per heavy atom. The van der Waals surface area contributed by atoms with Crippen LogP contribution in [0.4, 0.5) is 11.4 Å². The molecule has 5 heteroatoms. The number of pyridine rings is 1. The molecule has 5 aromatic carbocycles. The lowest BCUT2D eigenvalue weighted by atomic mass is 9.87. The molecule has 0 bridgehead atoms. The molecule has 5 nitrogen and oxygen atoms in total. The van der Waals surface area contributed by atoms with E-state index in [0.29, 0.717) is 17.8 Å². The molecule has 0 aliphatic carbocycles. The van der Waals surface area contributed by atoms with Crippen LogP contribution in [0.3, 0.4) is 0 Å². The summed E-state index contributed by atoms with van der Waals surface area (Å²) < 4.78 is 8.92. The van der Waals surface area contributed by atoms with E-state index in [4.69, 9.17) is 9.72 Å². The first-order valence-corrected chi connectivity index (χ1v) is 19.4. The van der Waals surface area contributed by atoms with Crippen LogP contribution >= 0.6 is 0 Å². The van der Waals surface area contributed by atoms with E-state index in [9.17, 15) is 0 Å². The summed E-state index contributed by atoms with van der Waals surface area (Å²) in [6.07, 6.45) is 8.33. The van der Waals surface area contributed by atoms with Crippen molar-refractivity contribution in [2.24, 2.45) is 11.8 Å². The fourth-order valence-corrected chi connectivity index (χ4v) is 7.88. The molecule has 0 N–H and O–H groups in total. The zero-order valence-corrected chi connectivity index (χ0v) is 32.3. The number of fused-ring (bicyclic) bond motifs is 3. The van der Waals surface area contributed by atoms with Crippen molar-refractivity contribution in [1.82, 2.24) is 9.55 Å². The molecule has 0 radical (unpaired) electrons. The van der Waals surface area contributed by atoms with Gasteiger partial charge in [-0.1, -0.05) is 96.1 Å². The van der Waals surface area contributed by atoms with Gasteiger partial charge in [0.15, 0.2) is 0 Å². The van der Waals surface area contributed by atoms with Crippen LogP contribution < -0.4 is 14.5 Å². The van der Waals surface area contributed by atoms with Gasteiger partial charge in [-0.25, -0.2) is 4.98 Å². The van der Waals surface area contributed by atoms with Crippen LogP contribution in [0.25, 0.3) is 38.8 Å². The average molecular weight is 711 g/mol. The molecule has 0 fully saturated rings. The van der Waals surface area contributed by atoms with Gasteiger partial charge in [0.1, 0.15) is 17.3 Å². The highest BCUT2D eigenvalue weighted by Crippen LogP contribution is 2.38. The number of anilines is 2. The molecule has 54 heavy (non-hydrogen) atoms. The Balaban J connectivity index is 1.13. The normalized spacial score (nSPS) is 13.1. The summed E-state index contributed by atoms with van der Waals surface area (Å²) in [5.41, 5.74) is 11.2. The number of nitrogens with zero attached hydrogens (tertiary/aromatic N) is 4. The lowest BCUT2D eigenvalue weighted by molar-refractivity contribution is 0.483. The van der Waals surface area contributed by atoms with Gasteiger partial charge in [-0.3, -0.25) is 4.57 Å². The third-order valence-electron chi connectivity index (χ3n) is 10.4. The minimum atomic E-state index is 0.489. The summed E-state index contributed by atoms with van der Waals surface area (Å²) in [5, 5.41) is 2.36. The third-order valence-corrected chi connectivity index (χ3v) is 10.4. The van der Waals surface area contributed by atoms with Crippen LogP contribution in [-0.4, -0.2) is 16.2 Å². The molecule has 0 atom stereocenters. The Morgan fingerprint density at radius 2 is 1.24 bits per heavy atom. The van der Waals surface area contributed by atoms with Crippen LogP contribution in [-0.2, 0) is 12.8 Å². The van der Waals surface area contributed by atoms with E-state index >= 15 is 0 Å². The van der Waals surface area contributed by atoms with Crippen molar-refractivity contribution >= 4 is 33.2 Å². The van der Waals surface area contributed by atoms with Crippen molar-refractivity contribution in [3.8, 4) is 28.4 Å². The number of hydrogen-bond donors (Lipinski definition) is 0. The third kappa shape index (κ3) is 7.11. The van der Waals surface area contributed by atoms with E-state index in [2.05, 4.69) is 184 Å². The van der Waals surface area contributed by atoms with E-state index in [0.717, 1.165) is 53.5 Å². The second-order valence-electron chi connectivity index (χ2n) is 15.8. The first kappa shape index (κ1) is 35.2. The van der Waals surface area contributed by atoms with Crippen molar-refractivity contribution in [1.29, 1.82) is 0 Å². The fourth-order valence-electron chi connectivity index (χ4n) is 7.88. The molecule has 3 heterocycles. The molecule has 0 unspecified atom stereocenters. The van der Waals surface area contributed by atoms with Gasteiger partial charge in [-0.2, -0.15) is 0 Å². The fraction of sp³-hybridized carbons (Fsp3) is 0.245. The van der Waals surface area contributed by atoms with Crippen LogP contribution in [0.1, 0.15) is 64.2 Å². The summed E-state index contributed by atoms with van der Waals surface area (Å²) >= 11 is 0. The monoisotopic (exact) mass is 710 g/mol. The number of benzene rings is 5. The van der Waals surface area contributed by atoms with Crippen LogP contribution in [0.2, 0.25) is 0 Å². The topological polar surface area (TPSA) is 33.5 Å². The Hall–Kier alpha value is -5.81. The van der Waals surface area contributed by atoms with Gasteiger partial charge in [0.2, 0.25) is 0 Å². The van der Waals surface area contributed by atoms with Gasteiger partial charge in [0.25, 0.3) is 0 Å². The first-order valence-electron chi connectivity index (χ1n) is 19.4. The summed E-state index contributed by atoms with van der Waals surface area (Å²) in [6.45, 7) is 14.4. The number of rotatable bonds is 11. The predicted octanol–water partition coefficient (Wildman–Crippen LogP) is 12.9. The molecule has 0 amide bonds. The van der Waals surface area contributed by atoms with Gasteiger partial charge in [-0.05, 0) is 113 Å². The standard InChI is InChI=1S/C49H50N4O/c1-33(2)26-37-13-9-14-38(27-34(3)4)49(37)39-22-23-50-48(29-39)53-46-19-8-7-18-44(46)45-21-20-43(31-47(45)53)54-42-17-11-16-41(30-42)52-25-24-51(32-52)40-15-10-12-36(28-40)35(5)6/h7-25,28-31,33-35H,26-27,32H2,1-6H3. The molecule has 272 valence electrons. The second-order valence-corrected chi connectivity index (χ2v) is 15.8. The highest BCUT2D eigenvalue weighted by molar-refractivity contribution is 6.09. The van der Waals surface area contributed by atoms with Crippen LogP contribution in [0.5, 0.6) is 11.5 Å². The van der Waals surface area contributed by atoms with Crippen LogP contribution in [0, 0.1) is 11.8 Å². The second kappa shape index (κ2) is 14.9. The zero-order valence-electron chi connectivity index (χ0n) is 32.3. The predicted molar refractivity (Wildman–Crippen MR) is 227 cm³/mol. The number of aromatic nitrogens is 2. The Kier molecular flexibility index (Phi) is 9.72. The van der Waals surface area contributed by atoms with Crippen molar-refractivity contribution in [2.75, 3.05) is 16.5 Å². The SMILES string of the molecule is CC(C)Cc1cccc(CC(C)C)c1-c1ccnc(-n2c3ccccc3c3ccc(Oc4cccc(N5C=CN(c6cccc(C(C)C)c6)C5)c4)cc32)c1. The lowest BCUT2D eigenvalue weighted by Gasteiger charge is -2.22. The van der Waals surface area contributed by atoms with Crippen molar-refractivity contribution in [3.05, 3.63) is 157 Å². The van der Waals surface area contributed by atoms with Gasteiger partial charge in [0.05, 0.1) is 17.7 Å². The summed E-state index contributed by atoms with van der Waals surface area (Å²) in [7, 11) is 0. The first-order chi connectivity index (χ1) is 26.2.